The number of benzene rings is 1. The minimum Gasteiger partial charge on any atom is -0.313 e. The van der Waals surface area contributed by atoms with Gasteiger partial charge in [0.1, 0.15) is 0 Å². The second-order valence-electron chi connectivity index (χ2n) is 3.25. The molecule has 1 aromatic rings. The number of aryl methyl sites for hydroxylation is 1. The van der Waals surface area contributed by atoms with Crippen LogP contribution in [0.5, 0.6) is 0 Å². The van der Waals surface area contributed by atoms with Crippen LogP contribution < -0.4 is 5.73 Å². The molecule has 0 radical (unpaired) electrons. The highest BCUT2D eigenvalue weighted by atomic mass is 16.2. The van der Waals surface area contributed by atoms with Gasteiger partial charge in [-0.15, -0.1) is 0 Å². The van der Waals surface area contributed by atoms with Crippen molar-refractivity contribution in [3.05, 3.63) is 35.4 Å². The van der Waals surface area contributed by atoms with Crippen molar-refractivity contribution in [3.8, 4) is 0 Å². The Morgan fingerprint density at radius 2 is 1.93 bits per heavy atom. The Hall–Kier alpha value is -1.68. The maximum atomic E-state index is 11.9. The van der Waals surface area contributed by atoms with Gasteiger partial charge >= 0.3 is 0 Å². The molecule has 0 saturated heterocycles. The lowest BCUT2D eigenvalue weighted by Gasteiger charge is -2.17. The van der Waals surface area contributed by atoms with E-state index in [2.05, 4.69) is 0 Å². The number of carbonyl (C=O) groups is 2. The van der Waals surface area contributed by atoms with Crippen molar-refractivity contribution in [1.29, 1.82) is 0 Å². The molecule has 0 aliphatic carbocycles. The van der Waals surface area contributed by atoms with Crippen LogP contribution in [-0.4, -0.2) is 23.4 Å². The molecule has 2 N–H and O–H groups in total. The summed E-state index contributed by atoms with van der Waals surface area (Å²) in [5, 5.41) is 0. The summed E-state index contributed by atoms with van der Waals surface area (Å²) in [4.78, 5) is 24.0. The van der Waals surface area contributed by atoms with Gasteiger partial charge in [0, 0.05) is 12.5 Å². The van der Waals surface area contributed by atoms with E-state index < -0.39 is 0 Å². The van der Waals surface area contributed by atoms with Gasteiger partial charge in [-0.2, -0.15) is 0 Å². The first-order valence-electron chi connectivity index (χ1n) is 4.66. The summed E-state index contributed by atoms with van der Waals surface area (Å²) in [5.74, 6) is -0.686. The third-order valence-electron chi connectivity index (χ3n) is 2.18. The van der Waals surface area contributed by atoms with Crippen LogP contribution in [0.25, 0.3) is 0 Å². The molecule has 1 rings (SSSR count). The predicted molar refractivity (Wildman–Crippen MR) is 57.1 cm³/mol. The molecule has 0 heterocycles. The van der Waals surface area contributed by atoms with Crippen LogP contribution >= 0.6 is 0 Å². The first-order valence-corrected chi connectivity index (χ1v) is 4.66. The number of carbonyl (C=O) groups excluding carboxylic acids is 2. The quantitative estimate of drug-likeness (QED) is 0.731. The Morgan fingerprint density at radius 3 is 2.40 bits per heavy atom. The summed E-state index contributed by atoms with van der Waals surface area (Å²) in [6.45, 7) is 3.05. The van der Waals surface area contributed by atoms with E-state index in [9.17, 15) is 9.59 Å². The highest BCUT2D eigenvalue weighted by Gasteiger charge is 2.18. The Balaban J connectivity index is 3.03. The van der Waals surface area contributed by atoms with E-state index in [1.807, 2.05) is 19.1 Å². The van der Waals surface area contributed by atoms with Gasteiger partial charge in [0.25, 0.3) is 5.91 Å². The van der Waals surface area contributed by atoms with Crippen molar-refractivity contribution < 1.29 is 9.59 Å². The van der Waals surface area contributed by atoms with E-state index in [1.54, 1.807) is 12.1 Å². The van der Waals surface area contributed by atoms with Gasteiger partial charge in [0.2, 0.25) is 5.91 Å². The number of rotatable bonds is 2. The van der Waals surface area contributed by atoms with E-state index in [-0.39, 0.29) is 18.5 Å². The van der Waals surface area contributed by atoms with Gasteiger partial charge < -0.3 is 5.73 Å². The lowest BCUT2D eigenvalue weighted by atomic mass is 10.1. The average Bonchev–Trinajstić information content (AvgIpc) is 2.18. The standard InChI is InChI=1S/C11H14N2O2/c1-8-5-3-4-6-10(8)11(15)13(7-12)9(2)14/h3-6H,7,12H2,1-2H3. The second-order valence-corrected chi connectivity index (χ2v) is 3.25. The minimum atomic E-state index is -0.344. The molecule has 0 aliphatic heterocycles. The average molecular weight is 206 g/mol. The largest absolute Gasteiger partial charge is 0.313 e. The first-order chi connectivity index (χ1) is 7.07. The van der Waals surface area contributed by atoms with Crippen molar-refractivity contribution in [2.24, 2.45) is 5.73 Å². The van der Waals surface area contributed by atoms with Crippen LogP contribution in [0.2, 0.25) is 0 Å². The monoisotopic (exact) mass is 206 g/mol. The van der Waals surface area contributed by atoms with Crippen LogP contribution in [0.15, 0.2) is 24.3 Å². The first kappa shape index (κ1) is 11.4. The van der Waals surface area contributed by atoms with Crippen molar-refractivity contribution in [2.45, 2.75) is 13.8 Å². The molecule has 0 unspecified atom stereocenters. The predicted octanol–water partition coefficient (Wildman–Crippen LogP) is 0.900. The summed E-state index contributed by atoms with van der Waals surface area (Å²) in [7, 11) is 0. The van der Waals surface area contributed by atoms with E-state index >= 15 is 0 Å². The molecule has 0 aliphatic rings. The fourth-order valence-electron chi connectivity index (χ4n) is 1.31. The van der Waals surface area contributed by atoms with Gasteiger partial charge in [0.15, 0.2) is 0 Å². The minimum absolute atomic E-state index is 0.0947. The highest BCUT2D eigenvalue weighted by Crippen LogP contribution is 2.10. The number of hydrogen-bond donors (Lipinski definition) is 1. The number of amides is 2. The van der Waals surface area contributed by atoms with Gasteiger partial charge in [-0.3, -0.25) is 14.5 Å². The number of nitrogens with two attached hydrogens (primary N) is 1. The molecule has 0 saturated carbocycles. The zero-order valence-corrected chi connectivity index (χ0v) is 8.86. The molecule has 4 heteroatoms. The Labute approximate surface area is 88.7 Å². The lowest BCUT2D eigenvalue weighted by Crippen LogP contribution is -2.39. The molecular weight excluding hydrogens is 192 g/mol. The summed E-state index contributed by atoms with van der Waals surface area (Å²) < 4.78 is 0. The topological polar surface area (TPSA) is 63.4 Å². The third-order valence-corrected chi connectivity index (χ3v) is 2.18. The fourth-order valence-corrected chi connectivity index (χ4v) is 1.31. The van der Waals surface area contributed by atoms with Crippen LogP contribution in [-0.2, 0) is 4.79 Å². The molecule has 0 spiro atoms. The second kappa shape index (κ2) is 4.70. The van der Waals surface area contributed by atoms with Crippen molar-refractivity contribution >= 4 is 11.8 Å². The molecule has 15 heavy (non-hydrogen) atoms. The van der Waals surface area contributed by atoms with Gasteiger partial charge in [-0.1, -0.05) is 18.2 Å². The van der Waals surface area contributed by atoms with E-state index in [4.69, 9.17) is 5.73 Å². The van der Waals surface area contributed by atoms with Gasteiger partial charge in [-0.05, 0) is 18.6 Å². The highest BCUT2D eigenvalue weighted by molar-refractivity contribution is 6.04. The molecule has 1 aromatic carbocycles. The Bertz CT molecular complexity index is 388. The molecule has 80 valence electrons. The Kier molecular flexibility index (Phi) is 3.57. The summed E-state index contributed by atoms with van der Waals surface area (Å²) in [6, 6.07) is 7.10. The number of imide groups is 1. The number of hydrogen-bond acceptors (Lipinski definition) is 3. The lowest BCUT2D eigenvalue weighted by molar-refractivity contribution is -0.126. The van der Waals surface area contributed by atoms with Crippen molar-refractivity contribution in [3.63, 3.8) is 0 Å². The van der Waals surface area contributed by atoms with Crippen LogP contribution in [0, 0.1) is 6.92 Å². The molecule has 0 atom stereocenters. The zero-order chi connectivity index (χ0) is 11.4. The normalized spacial score (nSPS) is 9.80. The number of nitrogens with zero attached hydrogens (tertiary/aromatic N) is 1. The SMILES string of the molecule is CC(=O)N(CN)C(=O)c1ccccc1C. The van der Waals surface area contributed by atoms with Gasteiger partial charge in [0.05, 0.1) is 6.67 Å². The smallest absolute Gasteiger partial charge is 0.261 e. The maximum Gasteiger partial charge on any atom is 0.261 e. The van der Waals surface area contributed by atoms with E-state index in [1.165, 1.54) is 6.92 Å². The van der Waals surface area contributed by atoms with E-state index in [0.29, 0.717) is 5.56 Å². The van der Waals surface area contributed by atoms with Crippen molar-refractivity contribution in [1.82, 2.24) is 4.90 Å². The summed E-state index contributed by atoms with van der Waals surface area (Å²) >= 11 is 0. The third kappa shape index (κ3) is 2.41. The Morgan fingerprint density at radius 1 is 1.33 bits per heavy atom. The van der Waals surface area contributed by atoms with Crippen LogP contribution in [0.1, 0.15) is 22.8 Å². The summed E-state index contributed by atoms with van der Waals surface area (Å²) in [6.07, 6.45) is 0. The molecular formula is C11H14N2O2. The van der Waals surface area contributed by atoms with Crippen LogP contribution in [0.4, 0.5) is 0 Å². The fraction of sp³-hybridized carbons (Fsp3) is 0.273. The van der Waals surface area contributed by atoms with Crippen LogP contribution in [0.3, 0.4) is 0 Å². The van der Waals surface area contributed by atoms with Crippen molar-refractivity contribution in [2.75, 3.05) is 6.67 Å². The van der Waals surface area contributed by atoms with Gasteiger partial charge in [-0.25, -0.2) is 0 Å². The van der Waals surface area contributed by atoms with E-state index in [0.717, 1.165) is 10.5 Å². The zero-order valence-electron chi connectivity index (χ0n) is 8.86. The maximum absolute atomic E-state index is 11.9. The molecule has 2 amide bonds. The molecule has 0 fully saturated rings. The molecule has 4 nitrogen and oxygen atoms in total. The molecule has 0 bridgehead atoms. The molecule has 0 aromatic heterocycles. The summed E-state index contributed by atoms with van der Waals surface area (Å²) in [5.41, 5.74) is 6.69.